The molecule has 0 aliphatic rings. The monoisotopic (exact) mass is 241 g/mol. The van der Waals surface area contributed by atoms with Crippen LogP contribution in [-0.4, -0.2) is 16.4 Å². The molecule has 0 saturated heterocycles. The fraction of sp³-hybridized carbons (Fsp3) is 0.267. The van der Waals surface area contributed by atoms with Gasteiger partial charge in [0.2, 0.25) is 0 Å². The highest BCUT2D eigenvalue weighted by atomic mass is 15.1. The summed E-state index contributed by atoms with van der Waals surface area (Å²) in [6.45, 7) is 5.00. The van der Waals surface area contributed by atoms with Crippen molar-refractivity contribution in [2.45, 2.75) is 20.0 Å². The Balaban J connectivity index is 2.01. The smallest absolute Gasteiger partial charge is 0.0317 e. The van der Waals surface area contributed by atoms with E-state index in [-0.39, 0.29) is 0 Å². The van der Waals surface area contributed by atoms with Crippen LogP contribution in [0.15, 0.2) is 48.8 Å². The molecule has 0 spiro atoms. The minimum atomic E-state index is 0.824. The highest BCUT2D eigenvalue weighted by molar-refractivity contribution is 5.40. The van der Waals surface area contributed by atoms with Crippen LogP contribution >= 0.6 is 0 Å². The van der Waals surface area contributed by atoms with E-state index in [4.69, 9.17) is 5.73 Å². The molecule has 3 heteroatoms. The van der Waals surface area contributed by atoms with E-state index in [1.807, 2.05) is 30.5 Å². The lowest BCUT2D eigenvalue weighted by Gasteiger charge is -2.20. The summed E-state index contributed by atoms with van der Waals surface area (Å²) in [5.74, 6) is 0. The number of benzene rings is 1. The van der Waals surface area contributed by atoms with Gasteiger partial charge >= 0.3 is 0 Å². The Morgan fingerprint density at radius 3 is 2.56 bits per heavy atom. The minimum Gasteiger partial charge on any atom is -0.399 e. The minimum absolute atomic E-state index is 0.824. The first-order chi connectivity index (χ1) is 8.78. The molecule has 0 saturated carbocycles. The van der Waals surface area contributed by atoms with Crippen molar-refractivity contribution in [3.05, 3.63) is 59.9 Å². The van der Waals surface area contributed by atoms with E-state index in [0.29, 0.717) is 0 Å². The van der Waals surface area contributed by atoms with Gasteiger partial charge in [0.05, 0.1) is 0 Å². The third kappa shape index (κ3) is 3.57. The van der Waals surface area contributed by atoms with E-state index in [1.54, 1.807) is 6.20 Å². The summed E-state index contributed by atoms with van der Waals surface area (Å²) in [4.78, 5) is 6.51. The fourth-order valence-corrected chi connectivity index (χ4v) is 1.98. The number of pyridine rings is 1. The Kier molecular flexibility index (Phi) is 4.31. The zero-order valence-electron chi connectivity index (χ0n) is 10.7. The highest BCUT2D eigenvalue weighted by Gasteiger charge is 2.05. The highest BCUT2D eigenvalue weighted by Crippen LogP contribution is 2.11. The van der Waals surface area contributed by atoms with Crippen LogP contribution in [0, 0.1) is 0 Å². The molecule has 1 heterocycles. The second-order valence-corrected chi connectivity index (χ2v) is 4.41. The van der Waals surface area contributed by atoms with Crippen molar-refractivity contribution in [1.82, 2.24) is 9.88 Å². The van der Waals surface area contributed by atoms with Crippen molar-refractivity contribution >= 4 is 5.69 Å². The zero-order valence-corrected chi connectivity index (χ0v) is 10.7. The average molecular weight is 241 g/mol. The Morgan fingerprint density at radius 1 is 1.11 bits per heavy atom. The Morgan fingerprint density at radius 2 is 1.89 bits per heavy atom. The molecule has 0 amide bonds. The predicted octanol–water partition coefficient (Wildman–Crippen LogP) is 2.69. The zero-order chi connectivity index (χ0) is 12.8. The molecule has 2 rings (SSSR count). The molecule has 1 aromatic heterocycles. The number of rotatable bonds is 5. The van der Waals surface area contributed by atoms with Gasteiger partial charge in [-0.05, 0) is 35.9 Å². The largest absolute Gasteiger partial charge is 0.399 e. The molecule has 0 aliphatic heterocycles. The Hall–Kier alpha value is -1.87. The van der Waals surface area contributed by atoms with Gasteiger partial charge in [-0.2, -0.15) is 0 Å². The lowest BCUT2D eigenvalue weighted by atomic mass is 10.1. The van der Waals surface area contributed by atoms with Crippen LogP contribution in [0.3, 0.4) is 0 Å². The van der Waals surface area contributed by atoms with Crippen LogP contribution < -0.4 is 5.73 Å². The van der Waals surface area contributed by atoms with E-state index in [2.05, 4.69) is 28.9 Å². The van der Waals surface area contributed by atoms with Crippen LogP contribution in [0.4, 0.5) is 5.69 Å². The fourth-order valence-electron chi connectivity index (χ4n) is 1.98. The maximum Gasteiger partial charge on any atom is 0.0317 e. The Labute approximate surface area is 108 Å². The molecule has 94 valence electrons. The van der Waals surface area contributed by atoms with Crippen LogP contribution in [0.2, 0.25) is 0 Å². The molecule has 0 aliphatic carbocycles. The topological polar surface area (TPSA) is 42.2 Å². The van der Waals surface area contributed by atoms with Crippen molar-refractivity contribution in [3.8, 4) is 0 Å². The molecular formula is C15H19N3. The summed E-state index contributed by atoms with van der Waals surface area (Å²) in [5.41, 5.74) is 9.11. The number of aromatic nitrogens is 1. The summed E-state index contributed by atoms with van der Waals surface area (Å²) in [6.07, 6.45) is 3.72. The van der Waals surface area contributed by atoms with Gasteiger partial charge in [0.25, 0.3) is 0 Å². The number of nitrogen functional groups attached to an aromatic ring is 1. The van der Waals surface area contributed by atoms with Gasteiger partial charge in [-0.1, -0.05) is 25.1 Å². The van der Waals surface area contributed by atoms with Crippen LogP contribution in [-0.2, 0) is 13.1 Å². The number of nitrogens with zero attached hydrogens (tertiary/aromatic N) is 2. The summed E-state index contributed by atoms with van der Waals surface area (Å²) in [7, 11) is 0. The van der Waals surface area contributed by atoms with Crippen LogP contribution in [0.5, 0.6) is 0 Å². The lowest BCUT2D eigenvalue weighted by molar-refractivity contribution is 0.271. The molecule has 0 atom stereocenters. The molecule has 0 fully saturated rings. The van der Waals surface area contributed by atoms with E-state index < -0.39 is 0 Å². The number of nitrogens with two attached hydrogens (primary N) is 1. The number of anilines is 1. The molecule has 0 radical (unpaired) electrons. The molecule has 18 heavy (non-hydrogen) atoms. The first kappa shape index (κ1) is 12.6. The van der Waals surface area contributed by atoms with Gasteiger partial charge in [-0.25, -0.2) is 0 Å². The molecule has 0 unspecified atom stereocenters. The number of hydrogen-bond donors (Lipinski definition) is 1. The molecular weight excluding hydrogens is 222 g/mol. The molecule has 3 nitrogen and oxygen atoms in total. The van der Waals surface area contributed by atoms with Gasteiger partial charge in [0.15, 0.2) is 0 Å². The van der Waals surface area contributed by atoms with Gasteiger partial charge < -0.3 is 5.73 Å². The number of hydrogen-bond acceptors (Lipinski definition) is 3. The molecule has 1 aromatic carbocycles. The lowest BCUT2D eigenvalue weighted by Crippen LogP contribution is -2.22. The van der Waals surface area contributed by atoms with E-state index in [9.17, 15) is 0 Å². The third-order valence-corrected chi connectivity index (χ3v) is 2.93. The summed E-state index contributed by atoms with van der Waals surface area (Å²) in [5, 5.41) is 0. The summed E-state index contributed by atoms with van der Waals surface area (Å²) < 4.78 is 0. The predicted molar refractivity (Wildman–Crippen MR) is 74.9 cm³/mol. The average Bonchev–Trinajstić information content (AvgIpc) is 2.39. The first-order valence-corrected chi connectivity index (χ1v) is 6.23. The Bertz CT molecular complexity index is 482. The first-order valence-electron chi connectivity index (χ1n) is 6.23. The van der Waals surface area contributed by atoms with Crippen molar-refractivity contribution in [2.75, 3.05) is 12.3 Å². The quantitative estimate of drug-likeness (QED) is 0.818. The standard InChI is InChI=1S/C15H19N3/c1-2-18(12-14-6-4-8-17-10-14)11-13-5-3-7-15(16)9-13/h3-10H,2,11-12,16H2,1H3. The van der Waals surface area contributed by atoms with Crippen molar-refractivity contribution in [3.63, 3.8) is 0 Å². The van der Waals surface area contributed by atoms with Gasteiger partial charge in [-0.15, -0.1) is 0 Å². The van der Waals surface area contributed by atoms with Gasteiger partial charge in [-0.3, -0.25) is 9.88 Å². The third-order valence-electron chi connectivity index (χ3n) is 2.93. The molecule has 2 N–H and O–H groups in total. The van der Waals surface area contributed by atoms with Crippen molar-refractivity contribution < 1.29 is 0 Å². The van der Waals surface area contributed by atoms with Gasteiger partial charge in [0.1, 0.15) is 0 Å². The second-order valence-electron chi connectivity index (χ2n) is 4.41. The second kappa shape index (κ2) is 6.17. The van der Waals surface area contributed by atoms with Crippen LogP contribution in [0.1, 0.15) is 18.1 Å². The van der Waals surface area contributed by atoms with Crippen molar-refractivity contribution in [1.29, 1.82) is 0 Å². The van der Waals surface area contributed by atoms with E-state index in [1.165, 1.54) is 11.1 Å². The van der Waals surface area contributed by atoms with Crippen molar-refractivity contribution in [2.24, 2.45) is 0 Å². The van der Waals surface area contributed by atoms with Crippen LogP contribution in [0.25, 0.3) is 0 Å². The summed E-state index contributed by atoms with van der Waals surface area (Å²) in [6, 6.07) is 12.1. The maximum absolute atomic E-state index is 5.80. The normalized spacial score (nSPS) is 10.8. The van der Waals surface area contributed by atoms with E-state index in [0.717, 1.165) is 25.3 Å². The SMILES string of the molecule is CCN(Cc1cccnc1)Cc1cccc(N)c1. The molecule has 0 bridgehead atoms. The molecule has 2 aromatic rings. The maximum atomic E-state index is 5.80. The van der Waals surface area contributed by atoms with E-state index >= 15 is 0 Å². The van der Waals surface area contributed by atoms with Gasteiger partial charge in [0, 0.05) is 31.2 Å². The summed E-state index contributed by atoms with van der Waals surface area (Å²) >= 11 is 0.